The van der Waals surface area contributed by atoms with Crippen molar-refractivity contribution < 1.29 is 13.9 Å². The Bertz CT molecular complexity index is 867. The Morgan fingerprint density at radius 1 is 1.00 bits per heavy atom. The van der Waals surface area contributed by atoms with Gasteiger partial charge in [-0.3, -0.25) is 4.79 Å². The number of nitrogens with one attached hydrogen (secondary N) is 2. The van der Waals surface area contributed by atoms with Crippen LogP contribution in [-0.2, 0) is 0 Å². The molecule has 0 bridgehead atoms. The van der Waals surface area contributed by atoms with E-state index in [2.05, 4.69) is 20.8 Å². The third-order valence-electron chi connectivity index (χ3n) is 3.37. The smallest absolute Gasteiger partial charge is 0.276 e. The van der Waals surface area contributed by atoms with Crippen LogP contribution in [0.15, 0.2) is 60.7 Å². The maximum absolute atomic E-state index is 12.9. The van der Waals surface area contributed by atoms with Crippen LogP contribution in [0.4, 0.5) is 21.6 Å². The summed E-state index contributed by atoms with van der Waals surface area (Å²) < 4.78 is 18.1. The normalized spacial score (nSPS) is 10.2. The van der Waals surface area contributed by atoms with Crippen molar-refractivity contribution in [2.75, 3.05) is 17.7 Å². The quantitative estimate of drug-likeness (QED) is 0.743. The summed E-state index contributed by atoms with van der Waals surface area (Å²) in [6.07, 6.45) is 0. The van der Waals surface area contributed by atoms with Gasteiger partial charge in [0, 0.05) is 5.69 Å². The van der Waals surface area contributed by atoms with Gasteiger partial charge in [0.2, 0.25) is 0 Å². The first-order chi connectivity index (χ1) is 12.2. The predicted molar refractivity (Wildman–Crippen MR) is 92.7 cm³/mol. The first-order valence-electron chi connectivity index (χ1n) is 7.46. The second-order valence-electron chi connectivity index (χ2n) is 5.09. The first-order valence-corrected chi connectivity index (χ1v) is 7.46. The molecule has 0 spiro atoms. The van der Waals surface area contributed by atoms with E-state index in [-0.39, 0.29) is 11.5 Å². The average molecular weight is 338 g/mol. The number of hydrogen-bond acceptors (Lipinski definition) is 5. The number of rotatable bonds is 5. The molecule has 0 atom stereocenters. The Morgan fingerprint density at radius 2 is 1.76 bits per heavy atom. The SMILES string of the molecule is COc1ccccc1NC(=O)c1ccc(Nc2ccc(F)cc2)nn1. The maximum atomic E-state index is 12.9. The number of para-hydroxylation sites is 2. The molecule has 0 saturated heterocycles. The summed E-state index contributed by atoms with van der Waals surface area (Å²) in [6, 6.07) is 16.1. The molecule has 0 fully saturated rings. The zero-order valence-electron chi connectivity index (χ0n) is 13.4. The van der Waals surface area contributed by atoms with Crippen molar-refractivity contribution in [2.24, 2.45) is 0 Å². The van der Waals surface area contributed by atoms with Crippen LogP contribution in [-0.4, -0.2) is 23.2 Å². The molecular formula is C18H15FN4O2. The van der Waals surface area contributed by atoms with Gasteiger partial charge in [-0.25, -0.2) is 4.39 Å². The van der Waals surface area contributed by atoms with Crippen LogP contribution in [0.1, 0.15) is 10.5 Å². The molecule has 1 aromatic heterocycles. The molecule has 0 saturated carbocycles. The summed E-state index contributed by atoms with van der Waals surface area (Å²) in [5.74, 6) is 0.282. The van der Waals surface area contributed by atoms with Crippen molar-refractivity contribution in [1.82, 2.24) is 10.2 Å². The van der Waals surface area contributed by atoms with Crippen LogP contribution in [0.5, 0.6) is 5.75 Å². The summed E-state index contributed by atoms with van der Waals surface area (Å²) in [5.41, 5.74) is 1.38. The van der Waals surface area contributed by atoms with Gasteiger partial charge < -0.3 is 15.4 Å². The number of ether oxygens (including phenoxy) is 1. The molecule has 0 aliphatic carbocycles. The highest BCUT2D eigenvalue weighted by Crippen LogP contribution is 2.23. The summed E-state index contributed by atoms with van der Waals surface area (Å²) in [4.78, 5) is 12.3. The van der Waals surface area contributed by atoms with E-state index in [4.69, 9.17) is 4.74 Å². The van der Waals surface area contributed by atoms with Crippen LogP contribution >= 0.6 is 0 Å². The predicted octanol–water partition coefficient (Wildman–Crippen LogP) is 3.62. The molecule has 25 heavy (non-hydrogen) atoms. The zero-order valence-corrected chi connectivity index (χ0v) is 13.4. The summed E-state index contributed by atoms with van der Waals surface area (Å²) in [6.45, 7) is 0. The van der Waals surface area contributed by atoms with Gasteiger partial charge in [0.25, 0.3) is 5.91 Å². The molecule has 7 heteroatoms. The van der Waals surface area contributed by atoms with E-state index in [0.29, 0.717) is 22.9 Å². The molecule has 3 rings (SSSR count). The Kier molecular flexibility index (Phi) is 4.84. The van der Waals surface area contributed by atoms with Crippen LogP contribution in [0, 0.1) is 5.82 Å². The molecule has 1 amide bonds. The largest absolute Gasteiger partial charge is 0.495 e. The molecule has 0 unspecified atom stereocenters. The average Bonchev–Trinajstić information content (AvgIpc) is 2.64. The van der Waals surface area contributed by atoms with E-state index in [1.54, 1.807) is 42.5 Å². The fourth-order valence-electron chi connectivity index (χ4n) is 2.14. The van der Waals surface area contributed by atoms with E-state index in [1.807, 2.05) is 6.07 Å². The lowest BCUT2D eigenvalue weighted by molar-refractivity contribution is 0.102. The number of hydrogen-bond donors (Lipinski definition) is 2. The third-order valence-corrected chi connectivity index (χ3v) is 3.37. The highest BCUT2D eigenvalue weighted by atomic mass is 19.1. The second kappa shape index (κ2) is 7.39. The summed E-state index contributed by atoms with van der Waals surface area (Å²) >= 11 is 0. The number of carbonyl (C=O) groups excluding carboxylic acids is 1. The number of methoxy groups -OCH3 is 1. The fraction of sp³-hybridized carbons (Fsp3) is 0.0556. The van der Waals surface area contributed by atoms with Crippen LogP contribution in [0.3, 0.4) is 0 Å². The van der Waals surface area contributed by atoms with Gasteiger partial charge in [0.15, 0.2) is 11.5 Å². The van der Waals surface area contributed by atoms with Gasteiger partial charge in [-0.15, -0.1) is 10.2 Å². The zero-order chi connectivity index (χ0) is 17.6. The lowest BCUT2D eigenvalue weighted by atomic mass is 10.2. The number of carbonyl (C=O) groups is 1. The van der Waals surface area contributed by atoms with Gasteiger partial charge in [0.05, 0.1) is 12.8 Å². The highest BCUT2D eigenvalue weighted by molar-refractivity contribution is 6.03. The molecule has 2 N–H and O–H groups in total. The number of halogens is 1. The first kappa shape index (κ1) is 16.4. The van der Waals surface area contributed by atoms with Crippen molar-refractivity contribution >= 4 is 23.1 Å². The van der Waals surface area contributed by atoms with Crippen molar-refractivity contribution in [3.63, 3.8) is 0 Å². The molecule has 2 aromatic carbocycles. The Balaban J connectivity index is 1.69. The van der Waals surface area contributed by atoms with Gasteiger partial charge in [-0.2, -0.15) is 0 Å². The Labute approximate surface area is 143 Å². The molecule has 6 nitrogen and oxygen atoms in total. The molecule has 1 heterocycles. The van der Waals surface area contributed by atoms with E-state index >= 15 is 0 Å². The summed E-state index contributed by atoms with van der Waals surface area (Å²) in [5, 5.41) is 13.6. The molecular weight excluding hydrogens is 323 g/mol. The lowest BCUT2D eigenvalue weighted by Gasteiger charge is -2.09. The fourth-order valence-corrected chi connectivity index (χ4v) is 2.14. The molecule has 3 aromatic rings. The third kappa shape index (κ3) is 4.08. The van der Waals surface area contributed by atoms with E-state index < -0.39 is 5.91 Å². The number of aromatic nitrogens is 2. The minimum atomic E-state index is -0.398. The number of anilines is 3. The van der Waals surface area contributed by atoms with Gasteiger partial charge >= 0.3 is 0 Å². The van der Waals surface area contributed by atoms with Crippen LogP contribution in [0.2, 0.25) is 0 Å². The van der Waals surface area contributed by atoms with Crippen LogP contribution < -0.4 is 15.4 Å². The molecule has 0 aliphatic rings. The number of amides is 1. The van der Waals surface area contributed by atoms with Crippen molar-refractivity contribution in [3.8, 4) is 5.75 Å². The Morgan fingerprint density at radius 3 is 2.44 bits per heavy atom. The van der Waals surface area contributed by atoms with Crippen molar-refractivity contribution in [3.05, 3.63) is 72.2 Å². The molecule has 0 radical (unpaired) electrons. The number of benzene rings is 2. The molecule has 126 valence electrons. The van der Waals surface area contributed by atoms with Crippen molar-refractivity contribution in [1.29, 1.82) is 0 Å². The highest BCUT2D eigenvalue weighted by Gasteiger charge is 2.11. The van der Waals surface area contributed by atoms with Crippen molar-refractivity contribution in [2.45, 2.75) is 0 Å². The van der Waals surface area contributed by atoms with Gasteiger partial charge in [0.1, 0.15) is 11.6 Å². The monoisotopic (exact) mass is 338 g/mol. The minimum Gasteiger partial charge on any atom is -0.495 e. The van der Waals surface area contributed by atoms with Crippen LogP contribution in [0.25, 0.3) is 0 Å². The van der Waals surface area contributed by atoms with E-state index in [9.17, 15) is 9.18 Å². The van der Waals surface area contributed by atoms with E-state index in [1.165, 1.54) is 19.2 Å². The van der Waals surface area contributed by atoms with E-state index in [0.717, 1.165) is 0 Å². The van der Waals surface area contributed by atoms with Gasteiger partial charge in [-0.05, 0) is 48.5 Å². The summed E-state index contributed by atoms with van der Waals surface area (Å²) in [7, 11) is 1.53. The Hall–Kier alpha value is -3.48. The number of nitrogens with zero attached hydrogens (tertiary/aromatic N) is 2. The molecule has 0 aliphatic heterocycles. The maximum Gasteiger partial charge on any atom is 0.276 e. The van der Waals surface area contributed by atoms with Gasteiger partial charge in [-0.1, -0.05) is 12.1 Å². The standard InChI is InChI=1S/C18H15FN4O2/c1-25-16-5-3-2-4-14(16)21-18(24)15-10-11-17(23-22-15)20-13-8-6-12(19)7-9-13/h2-11H,1H3,(H,20,23)(H,21,24). The topological polar surface area (TPSA) is 76.1 Å². The second-order valence-corrected chi connectivity index (χ2v) is 5.09. The lowest BCUT2D eigenvalue weighted by Crippen LogP contribution is -2.15. The minimum absolute atomic E-state index is 0.163.